The Morgan fingerprint density at radius 3 is 2.14 bits per heavy atom. The summed E-state index contributed by atoms with van der Waals surface area (Å²) >= 11 is 0. The van der Waals surface area contributed by atoms with Crippen molar-refractivity contribution in [1.29, 1.82) is 5.41 Å². The number of rotatable bonds is 14. The molecule has 9 N–H and O–H groups in total. The molecule has 0 saturated heterocycles. The number of carbonyl (C=O) groups excluding carboxylic acids is 3. The molecule has 0 aliphatic heterocycles. The van der Waals surface area contributed by atoms with Crippen LogP contribution in [0.1, 0.15) is 36.5 Å². The maximum absolute atomic E-state index is 12.9. The van der Waals surface area contributed by atoms with E-state index in [1.54, 1.807) is 54.6 Å². The Kier molecular flexibility index (Phi) is 10.7. The molecule has 0 aliphatic rings. The number of nitrogens with one attached hydrogen (secondary N) is 4. The third-order valence-electron chi connectivity index (χ3n) is 5.31. The van der Waals surface area contributed by atoms with Crippen LogP contribution in [0, 0.1) is 5.41 Å². The second kappa shape index (κ2) is 13.5. The van der Waals surface area contributed by atoms with Crippen LogP contribution in [0.4, 0.5) is 0 Å². The maximum atomic E-state index is 12.9. The van der Waals surface area contributed by atoms with E-state index in [0.717, 1.165) is 0 Å². The molecule has 37 heavy (non-hydrogen) atoms. The zero-order valence-electron chi connectivity index (χ0n) is 20.3. The summed E-state index contributed by atoms with van der Waals surface area (Å²) in [6.45, 7) is 1.31. The average molecular weight is 533 g/mol. The van der Waals surface area contributed by atoms with Gasteiger partial charge in [0.1, 0.15) is 17.9 Å². The van der Waals surface area contributed by atoms with Crippen LogP contribution in [0.3, 0.4) is 0 Å². The van der Waals surface area contributed by atoms with Crippen LogP contribution >= 0.6 is 0 Å². The Bertz CT molecular complexity index is 1200. The average Bonchev–Trinajstić information content (AvgIpc) is 2.83. The monoisotopic (exact) mass is 532 g/mol. The predicted molar refractivity (Wildman–Crippen MR) is 137 cm³/mol. The molecule has 3 amide bonds. The first kappa shape index (κ1) is 29.4. The van der Waals surface area contributed by atoms with Crippen molar-refractivity contribution in [1.82, 2.24) is 15.4 Å². The van der Waals surface area contributed by atoms with Crippen molar-refractivity contribution in [3.63, 3.8) is 0 Å². The van der Waals surface area contributed by atoms with Gasteiger partial charge in [-0.2, -0.15) is 4.72 Å². The van der Waals surface area contributed by atoms with Crippen molar-refractivity contribution in [3.8, 4) is 0 Å². The number of hydrogen-bond donors (Lipinski definition) is 7. The van der Waals surface area contributed by atoms with E-state index in [4.69, 9.17) is 16.9 Å². The number of amidine groups is 1. The van der Waals surface area contributed by atoms with Crippen LogP contribution < -0.4 is 26.8 Å². The van der Waals surface area contributed by atoms with Crippen molar-refractivity contribution < 1.29 is 27.9 Å². The minimum absolute atomic E-state index is 0.0729. The predicted octanol–water partition coefficient (Wildman–Crippen LogP) is -0.794. The lowest BCUT2D eigenvalue weighted by Gasteiger charge is -2.24. The van der Waals surface area contributed by atoms with E-state index in [1.807, 2.05) is 0 Å². The number of aliphatic hydroxyl groups excluding tert-OH is 1. The lowest BCUT2D eigenvalue weighted by atomic mass is 10.1. The summed E-state index contributed by atoms with van der Waals surface area (Å²) in [7, 11) is -4.03. The van der Waals surface area contributed by atoms with E-state index in [-0.39, 0.29) is 25.2 Å². The summed E-state index contributed by atoms with van der Waals surface area (Å²) in [4.78, 5) is 37.0. The molecule has 2 aromatic rings. The first-order chi connectivity index (χ1) is 17.4. The number of primary amides is 1. The lowest BCUT2D eigenvalue weighted by Crippen LogP contribution is -2.57. The maximum Gasteiger partial charge on any atom is 0.242 e. The van der Waals surface area contributed by atoms with Gasteiger partial charge in [-0.1, -0.05) is 54.6 Å². The second-order valence-electron chi connectivity index (χ2n) is 8.48. The highest BCUT2D eigenvalue weighted by molar-refractivity contribution is 7.88. The van der Waals surface area contributed by atoms with Crippen LogP contribution in [0.25, 0.3) is 0 Å². The van der Waals surface area contributed by atoms with Gasteiger partial charge in [-0.3, -0.25) is 19.8 Å². The number of nitrogen functional groups attached to an aromatic ring is 1. The van der Waals surface area contributed by atoms with E-state index < -0.39 is 51.7 Å². The molecular formula is C24H32N6O6S. The van der Waals surface area contributed by atoms with E-state index >= 15 is 0 Å². The smallest absolute Gasteiger partial charge is 0.242 e. The summed E-state index contributed by atoms with van der Waals surface area (Å²) in [6.07, 6.45) is -1.78. The first-order valence-electron chi connectivity index (χ1n) is 11.4. The summed E-state index contributed by atoms with van der Waals surface area (Å²) < 4.78 is 27.4. The van der Waals surface area contributed by atoms with Gasteiger partial charge in [-0.05, 0) is 24.5 Å². The molecule has 0 fully saturated rings. The molecule has 0 heterocycles. The summed E-state index contributed by atoms with van der Waals surface area (Å²) in [5, 5.41) is 22.6. The van der Waals surface area contributed by atoms with E-state index in [2.05, 4.69) is 15.4 Å². The van der Waals surface area contributed by atoms with Gasteiger partial charge in [-0.15, -0.1) is 0 Å². The highest BCUT2D eigenvalue weighted by Crippen LogP contribution is 2.08. The Morgan fingerprint density at radius 2 is 1.59 bits per heavy atom. The van der Waals surface area contributed by atoms with Gasteiger partial charge in [0.2, 0.25) is 27.7 Å². The Balaban J connectivity index is 2.09. The largest absolute Gasteiger partial charge is 0.391 e. The van der Waals surface area contributed by atoms with Crippen molar-refractivity contribution in [2.45, 2.75) is 50.3 Å². The Morgan fingerprint density at radius 1 is 0.973 bits per heavy atom. The molecule has 12 nitrogen and oxygen atoms in total. The van der Waals surface area contributed by atoms with Crippen LogP contribution in [-0.4, -0.2) is 55.3 Å². The summed E-state index contributed by atoms with van der Waals surface area (Å²) in [6, 6.07) is 12.0. The molecule has 0 radical (unpaired) electrons. The lowest BCUT2D eigenvalue weighted by molar-refractivity contribution is -0.131. The number of amides is 3. The fourth-order valence-electron chi connectivity index (χ4n) is 3.33. The quantitative estimate of drug-likeness (QED) is 0.121. The van der Waals surface area contributed by atoms with Gasteiger partial charge < -0.3 is 27.2 Å². The number of nitrogens with two attached hydrogens (primary N) is 2. The highest BCUT2D eigenvalue weighted by Gasteiger charge is 2.32. The zero-order valence-corrected chi connectivity index (χ0v) is 21.1. The van der Waals surface area contributed by atoms with Gasteiger partial charge in [0.25, 0.3) is 0 Å². The van der Waals surface area contributed by atoms with Gasteiger partial charge in [0.05, 0.1) is 11.9 Å². The molecule has 200 valence electrons. The van der Waals surface area contributed by atoms with Gasteiger partial charge in [-0.25, -0.2) is 8.42 Å². The molecule has 0 spiro atoms. The first-order valence-corrected chi connectivity index (χ1v) is 13.0. The van der Waals surface area contributed by atoms with E-state index in [9.17, 15) is 27.9 Å². The molecule has 0 aromatic heterocycles. The molecule has 0 aliphatic carbocycles. The fraction of sp³-hybridized carbons (Fsp3) is 0.333. The third kappa shape index (κ3) is 9.99. The normalized spacial score (nSPS) is 13.7. The molecule has 0 bridgehead atoms. The van der Waals surface area contributed by atoms with Crippen LogP contribution in [0.2, 0.25) is 0 Å². The molecule has 2 aromatic carbocycles. The zero-order chi connectivity index (χ0) is 27.6. The van der Waals surface area contributed by atoms with Crippen molar-refractivity contribution >= 4 is 33.6 Å². The van der Waals surface area contributed by atoms with E-state index in [0.29, 0.717) is 16.7 Å². The number of hydrogen-bond acceptors (Lipinski definition) is 7. The Hall–Kier alpha value is -3.81. The molecule has 0 saturated carbocycles. The number of sulfonamides is 1. The van der Waals surface area contributed by atoms with Crippen LogP contribution in [-0.2, 0) is 36.7 Å². The fourth-order valence-corrected chi connectivity index (χ4v) is 4.74. The van der Waals surface area contributed by atoms with Crippen LogP contribution in [0.5, 0.6) is 0 Å². The van der Waals surface area contributed by atoms with Gasteiger partial charge >= 0.3 is 0 Å². The summed E-state index contributed by atoms with van der Waals surface area (Å²) in [5.41, 5.74) is 12.3. The highest BCUT2D eigenvalue weighted by atomic mass is 32.2. The molecule has 3 atom stereocenters. The van der Waals surface area contributed by atoms with Gasteiger partial charge in [0, 0.05) is 18.5 Å². The topological polar surface area (TPSA) is 218 Å². The summed E-state index contributed by atoms with van der Waals surface area (Å²) in [5.74, 6) is -2.79. The SMILES string of the molecule is C[C@@H](O)[C@@H](NS(=O)(=O)Cc1ccccc1)C(=O)N[C@@H](CCC(N)=O)C(=O)NCc1ccc(C(=N)N)cc1. The molecular weight excluding hydrogens is 500 g/mol. The third-order valence-corrected chi connectivity index (χ3v) is 6.64. The molecule has 2 rings (SSSR count). The van der Waals surface area contributed by atoms with Crippen molar-refractivity contribution in [3.05, 3.63) is 71.3 Å². The van der Waals surface area contributed by atoms with Gasteiger partial charge in [0.15, 0.2) is 0 Å². The Labute approximate surface area is 215 Å². The number of benzene rings is 2. The molecule has 13 heteroatoms. The van der Waals surface area contributed by atoms with Crippen LogP contribution in [0.15, 0.2) is 54.6 Å². The minimum atomic E-state index is -4.03. The number of carbonyl (C=O) groups is 3. The second-order valence-corrected chi connectivity index (χ2v) is 10.2. The van der Waals surface area contributed by atoms with E-state index in [1.165, 1.54) is 6.92 Å². The molecule has 0 unspecified atom stereocenters. The number of aliphatic hydroxyl groups is 1. The minimum Gasteiger partial charge on any atom is -0.391 e. The standard InChI is InChI=1S/C24H32N6O6S/c1-15(31)21(30-37(35,36)14-17-5-3-2-4-6-17)24(34)29-19(11-12-20(25)32)23(33)28-13-16-7-9-18(10-8-16)22(26)27/h2-10,15,19,21,30-31H,11-14H2,1H3,(H2,25,32)(H3,26,27)(H,28,33)(H,29,34)/t15-,19+,21-/m1/s1. The van der Waals surface area contributed by atoms with Crippen molar-refractivity contribution in [2.24, 2.45) is 11.5 Å². The van der Waals surface area contributed by atoms with Crippen molar-refractivity contribution in [2.75, 3.05) is 0 Å².